The molecule has 4 rings (SSSR count). The molecule has 0 fully saturated rings. The van der Waals surface area contributed by atoms with Crippen LogP contribution in [0.15, 0.2) is 29.6 Å². The fraction of sp³-hybridized carbons (Fsp3) is 0.444. The third-order valence-electron chi connectivity index (χ3n) is 6.22. The molecule has 0 saturated heterocycles. The van der Waals surface area contributed by atoms with Crippen LogP contribution < -0.4 is 9.80 Å². The second-order valence-corrected chi connectivity index (χ2v) is 10.2. The zero-order valence-corrected chi connectivity index (χ0v) is 22.6. The van der Waals surface area contributed by atoms with Crippen LogP contribution in [0.2, 0.25) is 0 Å². The Balaban J connectivity index is 0.000000479. The van der Waals surface area contributed by atoms with Crippen molar-refractivity contribution in [1.82, 2.24) is 9.97 Å². The van der Waals surface area contributed by atoms with Crippen molar-refractivity contribution in [2.24, 2.45) is 0 Å². The first-order valence-corrected chi connectivity index (χ1v) is 13.1. The Morgan fingerprint density at radius 1 is 1.14 bits per heavy atom. The third kappa shape index (κ3) is 7.00. The van der Waals surface area contributed by atoms with E-state index in [1.165, 1.54) is 45.7 Å². The minimum atomic E-state index is -5.08. The van der Waals surface area contributed by atoms with E-state index < -0.39 is 12.1 Å². The third-order valence-corrected chi connectivity index (χ3v) is 7.08. The smallest absolute Gasteiger partial charge is 0.475 e. The monoisotopic (exact) mass is 534 g/mol. The lowest BCUT2D eigenvalue weighted by Gasteiger charge is -2.29. The summed E-state index contributed by atoms with van der Waals surface area (Å²) < 4.78 is 31.7. The van der Waals surface area contributed by atoms with Crippen molar-refractivity contribution in [3.05, 3.63) is 62.5 Å². The summed E-state index contributed by atoms with van der Waals surface area (Å²) in [6.45, 7) is 13.7. The van der Waals surface area contributed by atoms with Gasteiger partial charge < -0.3 is 14.9 Å². The number of nitrogens with zero attached hydrogens (tertiary/aromatic N) is 4. The van der Waals surface area contributed by atoms with E-state index in [0.29, 0.717) is 0 Å². The van der Waals surface area contributed by atoms with E-state index in [2.05, 4.69) is 74.1 Å². The fourth-order valence-corrected chi connectivity index (χ4v) is 5.41. The summed E-state index contributed by atoms with van der Waals surface area (Å²) in [5.74, 6) is -0.807. The number of aryl methyl sites for hydroxylation is 4. The minimum absolute atomic E-state index is 0.821. The van der Waals surface area contributed by atoms with Crippen molar-refractivity contribution in [3.8, 4) is 0 Å². The molecule has 0 amide bonds. The summed E-state index contributed by atoms with van der Waals surface area (Å²) in [7, 11) is 0. The van der Waals surface area contributed by atoms with Crippen molar-refractivity contribution in [2.75, 3.05) is 22.9 Å². The summed E-state index contributed by atoms with van der Waals surface area (Å²) in [6, 6.07) is 8.87. The molecule has 2 aromatic heterocycles. The average molecular weight is 535 g/mol. The predicted octanol–water partition coefficient (Wildman–Crippen LogP) is 6.91. The van der Waals surface area contributed by atoms with Crippen molar-refractivity contribution in [2.45, 2.75) is 66.6 Å². The normalized spacial score (nSPS) is 13.4. The van der Waals surface area contributed by atoms with Gasteiger partial charge in [0.2, 0.25) is 5.95 Å². The zero-order valence-electron chi connectivity index (χ0n) is 21.8. The lowest BCUT2D eigenvalue weighted by Crippen LogP contribution is -2.27. The highest BCUT2D eigenvalue weighted by molar-refractivity contribution is 7.09. The number of fused-ring (bicyclic) bond motifs is 1. The van der Waals surface area contributed by atoms with Gasteiger partial charge in [0.25, 0.3) is 0 Å². The number of benzene rings is 1. The van der Waals surface area contributed by atoms with Crippen LogP contribution in [0, 0.1) is 27.7 Å². The molecule has 0 atom stereocenters. The molecular weight excluding hydrogens is 501 g/mol. The first-order valence-electron chi connectivity index (χ1n) is 12.2. The summed E-state index contributed by atoms with van der Waals surface area (Å²) in [5.41, 5.74) is 7.53. The highest BCUT2D eigenvalue weighted by atomic mass is 32.1. The van der Waals surface area contributed by atoms with Crippen LogP contribution >= 0.6 is 11.3 Å². The Morgan fingerprint density at radius 2 is 1.78 bits per heavy atom. The van der Waals surface area contributed by atoms with Gasteiger partial charge in [-0.15, -0.1) is 11.3 Å². The number of carboxylic acid groups (broad SMARTS) is 1. The maximum absolute atomic E-state index is 10.6. The molecule has 10 heteroatoms. The molecule has 0 aliphatic carbocycles. The Kier molecular flexibility index (Phi) is 9.17. The average Bonchev–Trinajstić information content (AvgIpc) is 3.23. The number of alkyl halides is 3. The SMILES string of the molecule is CCN(c1nc(C)c2c(n1)N(Cc1cccs1)CCCC2)c1c(C)cc(C)cc1C.O=C(O)C(F)(F)F. The number of halogens is 3. The second-order valence-electron chi connectivity index (χ2n) is 9.16. The van der Waals surface area contributed by atoms with Crippen molar-refractivity contribution in [3.63, 3.8) is 0 Å². The first kappa shape index (κ1) is 28.4. The number of aliphatic carboxylic acids is 1. The standard InChI is InChI=1S/C25H32N4S.C2HF3O2/c1-6-29(23-18(3)14-17(2)15-19(23)4)25-26-20(5)22-11-7-8-12-28(24(22)27-25)16-21-10-9-13-30-21;3-2(4,5)1(6)7/h9-10,13-15H,6-8,11-12,16H2,1-5H3;(H,6,7). The molecule has 0 saturated carbocycles. The minimum Gasteiger partial charge on any atom is -0.475 e. The van der Waals surface area contributed by atoms with E-state index >= 15 is 0 Å². The zero-order chi connectivity index (χ0) is 27.3. The summed E-state index contributed by atoms with van der Waals surface area (Å²) in [4.78, 5) is 25.2. The molecule has 1 aliphatic rings. The van der Waals surface area contributed by atoms with Crippen molar-refractivity contribution < 1.29 is 23.1 Å². The maximum Gasteiger partial charge on any atom is 0.490 e. The van der Waals surface area contributed by atoms with Gasteiger partial charge in [-0.3, -0.25) is 0 Å². The Labute approximate surface area is 219 Å². The van der Waals surface area contributed by atoms with Crippen LogP contribution in [0.5, 0.6) is 0 Å². The van der Waals surface area contributed by atoms with Gasteiger partial charge in [-0.1, -0.05) is 23.8 Å². The quantitative estimate of drug-likeness (QED) is 0.384. The maximum atomic E-state index is 10.6. The highest BCUT2D eigenvalue weighted by Gasteiger charge is 2.38. The molecule has 200 valence electrons. The van der Waals surface area contributed by atoms with E-state index in [9.17, 15) is 13.2 Å². The number of carboxylic acids is 1. The van der Waals surface area contributed by atoms with Gasteiger partial charge in [0.1, 0.15) is 5.82 Å². The summed E-state index contributed by atoms with van der Waals surface area (Å²) in [6.07, 6.45) is -1.62. The summed E-state index contributed by atoms with van der Waals surface area (Å²) >= 11 is 1.82. The van der Waals surface area contributed by atoms with Crippen LogP contribution in [-0.2, 0) is 17.8 Å². The van der Waals surface area contributed by atoms with Crippen LogP contribution in [0.4, 0.5) is 30.6 Å². The number of anilines is 3. The van der Waals surface area contributed by atoms with Crippen LogP contribution in [-0.4, -0.2) is 40.3 Å². The van der Waals surface area contributed by atoms with Gasteiger partial charge in [-0.05, 0) is 76.5 Å². The molecule has 0 spiro atoms. The lowest BCUT2D eigenvalue weighted by atomic mass is 10.0. The number of hydrogen-bond donors (Lipinski definition) is 1. The van der Waals surface area contributed by atoms with E-state index in [1.807, 2.05) is 11.3 Å². The largest absolute Gasteiger partial charge is 0.490 e. The second kappa shape index (κ2) is 11.9. The van der Waals surface area contributed by atoms with Crippen molar-refractivity contribution in [1.29, 1.82) is 0 Å². The van der Waals surface area contributed by atoms with Crippen LogP contribution in [0.25, 0.3) is 0 Å². The van der Waals surface area contributed by atoms with Gasteiger partial charge in [-0.25, -0.2) is 9.78 Å². The number of carbonyl (C=O) groups is 1. The van der Waals surface area contributed by atoms with Gasteiger partial charge >= 0.3 is 12.1 Å². The van der Waals surface area contributed by atoms with E-state index in [4.69, 9.17) is 19.9 Å². The topological polar surface area (TPSA) is 69.6 Å². The molecule has 6 nitrogen and oxygen atoms in total. The molecule has 3 aromatic rings. The molecule has 1 N–H and O–H groups in total. The number of rotatable bonds is 5. The highest BCUT2D eigenvalue weighted by Crippen LogP contribution is 2.35. The first-order chi connectivity index (χ1) is 17.4. The molecule has 1 aliphatic heterocycles. The van der Waals surface area contributed by atoms with Gasteiger partial charge in [0.05, 0.1) is 6.54 Å². The van der Waals surface area contributed by atoms with Crippen molar-refractivity contribution >= 4 is 34.8 Å². The van der Waals surface area contributed by atoms with Gasteiger partial charge in [-0.2, -0.15) is 18.2 Å². The number of thiophene rings is 1. The Bertz CT molecular complexity index is 1210. The Morgan fingerprint density at radius 3 is 2.32 bits per heavy atom. The fourth-order valence-electron chi connectivity index (χ4n) is 4.69. The molecule has 0 radical (unpaired) electrons. The van der Waals surface area contributed by atoms with Crippen LogP contribution in [0.3, 0.4) is 0 Å². The van der Waals surface area contributed by atoms with Gasteiger partial charge in [0.15, 0.2) is 0 Å². The van der Waals surface area contributed by atoms with E-state index in [0.717, 1.165) is 43.5 Å². The summed E-state index contributed by atoms with van der Waals surface area (Å²) in [5, 5.41) is 9.28. The van der Waals surface area contributed by atoms with E-state index in [-0.39, 0.29) is 0 Å². The predicted molar refractivity (Wildman–Crippen MR) is 142 cm³/mol. The molecule has 1 aromatic carbocycles. The molecule has 0 bridgehead atoms. The molecular formula is C27H33F3N4O2S. The molecule has 3 heterocycles. The number of aromatic nitrogens is 2. The molecule has 37 heavy (non-hydrogen) atoms. The van der Waals surface area contributed by atoms with E-state index in [1.54, 1.807) is 0 Å². The molecule has 0 unspecified atom stereocenters. The van der Waals surface area contributed by atoms with Gasteiger partial charge in [0, 0.05) is 34.9 Å². The van der Waals surface area contributed by atoms with Crippen LogP contribution in [0.1, 0.15) is 52.6 Å². The number of hydrogen-bond acceptors (Lipinski definition) is 6. The lowest BCUT2D eigenvalue weighted by molar-refractivity contribution is -0.192. The Hall–Kier alpha value is -3.14.